The minimum absolute atomic E-state index is 0.207. The second-order valence-corrected chi connectivity index (χ2v) is 9.00. The molecule has 4 aromatic rings. The standard InChI is InChI=1S/C27H27N3O3/c1-18-15-23-22(17-21(18)20-13-9-6-10-14-20)25(29-30(23)26(32)33-27(2,3)4)28-24(31)16-19-11-7-5-8-12-19/h5-15,17H,16H2,1-4H3,(H,28,29,31). The van der Waals surface area contributed by atoms with Crippen LogP contribution < -0.4 is 5.32 Å². The lowest BCUT2D eigenvalue weighted by Gasteiger charge is -2.19. The molecule has 0 unspecified atom stereocenters. The molecular weight excluding hydrogens is 414 g/mol. The number of fused-ring (bicyclic) bond motifs is 1. The summed E-state index contributed by atoms with van der Waals surface area (Å²) in [6.07, 6.45) is -0.387. The number of carbonyl (C=O) groups is 2. The molecule has 33 heavy (non-hydrogen) atoms. The van der Waals surface area contributed by atoms with Crippen molar-refractivity contribution >= 4 is 28.7 Å². The van der Waals surface area contributed by atoms with Gasteiger partial charge in [0.1, 0.15) is 5.60 Å². The van der Waals surface area contributed by atoms with Crippen LogP contribution in [0.15, 0.2) is 72.8 Å². The molecule has 0 aliphatic heterocycles. The summed E-state index contributed by atoms with van der Waals surface area (Å²) in [7, 11) is 0. The third-order valence-electron chi connectivity index (χ3n) is 5.14. The molecule has 1 aromatic heterocycles. The topological polar surface area (TPSA) is 73.2 Å². The highest BCUT2D eigenvalue weighted by Crippen LogP contribution is 2.32. The summed E-state index contributed by atoms with van der Waals surface area (Å²) in [5.41, 5.74) is 3.84. The van der Waals surface area contributed by atoms with E-state index in [9.17, 15) is 9.59 Å². The zero-order chi connectivity index (χ0) is 23.6. The number of hydrogen-bond donors (Lipinski definition) is 1. The van der Waals surface area contributed by atoms with Crippen molar-refractivity contribution in [3.63, 3.8) is 0 Å². The Balaban J connectivity index is 1.78. The molecule has 0 fully saturated rings. The second kappa shape index (κ2) is 8.90. The number of rotatable bonds is 4. The maximum Gasteiger partial charge on any atom is 0.435 e. The lowest BCUT2D eigenvalue weighted by atomic mass is 9.98. The van der Waals surface area contributed by atoms with Crippen LogP contribution in [0.25, 0.3) is 22.0 Å². The summed E-state index contributed by atoms with van der Waals surface area (Å²) in [6, 6.07) is 23.3. The molecule has 0 spiro atoms. The molecule has 0 bridgehead atoms. The van der Waals surface area contributed by atoms with Crippen LogP contribution in [0.4, 0.5) is 10.6 Å². The number of amides is 1. The minimum atomic E-state index is -0.675. The summed E-state index contributed by atoms with van der Waals surface area (Å²) in [6.45, 7) is 7.40. The van der Waals surface area contributed by atoms with E-state index in [1.54, 1.807) is 20.8 Å². The molecule has 0 aliphatic rings. The van der Waals surface area contributed by atoms with Gasteiger partial charge in [0.25, 0.3) is 0 Å². The van der Waals surface area contributed by atoms with Crippen molar-refractivity contribution in [2.75, 3.05) is 5.32 Å². The normalized spacial score (nSPS) is 11.4. The van der Waals surface area contributed by atoms with Crippen molar-refractivity contribution in [3.05, 3.63) is 83.9 Å². The van der Waals surface area contributed by atoms with E-state index in [4.69, 9.17) is 4.74 Å². The van der Waals surface area contributed by atoms with Gasteiger partial charge in [-0.25, -0.2) is 4.79 Å². The summed E-state index contributed by atoms with van der Waals surface area (Å²) in [4.78, 5) is 25.7. The van der Waals surface area contributed by atoms with Crippen molar-refractivity contribution in [2.24, 2.45) is 0 Å². The van der Waals surface area contributed by atoms with Gasteiger partial charge in [0.2, 0.25) is 5.91 Å². The number of aryl methyl sites for hydroxylation is 1. The summed E-state index contributed by atoms with van der Waals surface area (Å²) < 4.78 is 6.77. The maximum atomic E-state index is 12.9. The Morgan fingerprint density at radius 1 is 0.970 bits per heavy atom. The van der Waals surface area contributed by atoms with Crippen molar-refractivity contribution < 1.29 is 14.3 Å². The summed E-state index contributed by atoms with van der Waals surface area (Å²) in [5.74, 6) is 0.118. The fourth-order valence-corrected chi connectivity index (χ4v) is 3.69. The average molecular weight is 442 g/mol. The number of nitrogens with one attached hydrogen (secondary N) is 1. The van der Waals surface area contributed by atoms with Gasteiger partial charge < -0.3 is 10.1 Å². The first-order valence-electron chi connectivity index (χ1n) is 10.9. The molecule has 3 aromatic carbocycles. The number of carbonyl (C=O) groups excluding carboxylic acids is 2. The van der Waals surface area contributed by atoms with E-state index in [0.29, 0.717) is 16.7 Å². The van der Waals surface area contributed by atoms with Crippen LogP contribution in [0.1, 0.15) is 31.9 Å². The van der Waals surface area contributed by atoms with Crippen LogP contribution in [0, 0.1) is 6.92 Å². The Kier molecular flexibility index (Phi) is 6.01. The molecule has 0 radical (unpaired) electrons. The van der Waals surface area contributed by atoms with Crippen molar-refractivity contribution in [2.45, 2.75) is 39.7 Å². The van der Waals surface area contributed by atoms with Gasteiger partial charge in [-0.3, -0.25) is 4.79 Å². The lowest BCUT2D eigenvalue weighted by Crippen LogP contribution is -2.27. The predicted octanol–water partition coefficient (Wildman–Crippen LogP) is 5.98. The second-order valence-electron chi connectivity index (χ2n) is 9.00. The van der Waals surface area contributed by atoms with E-state index in [2.05, 4.69) is 10.4 Å². The van der Waals surface area contributed by atoms with Gasteiger partial charge in [0.05, 0.1) is 11.9 Å². The van der Waals surface area contributed by atoms with Gasteiger partial charge in [0, 0.05) is 5.39 Å². The third-order valence-corrected chi connectivity index (χ3v) is 5.14. The van der Waals surface area contributed by atoms with Crippen molar-refractivity contribution in [3.8, 4) is 11.1 Å². The number of ether oxygens (including phenoxy) is 1. The van der Waals surface area contributed by atoms with Crippen molar-refractivity contribution in [1.29, 1.82) is 0 Å². The Hall–Kier alpha value is -3.93. The quantitative estimate of drug-likeness (QED) is 0.423. The first-order valence-corrected chi connectivity index (χ1v) is 10.9. The largest absolute Gasteiger partial charge is 0.442 e. The van der Waals surface area contributed by atoms with Crippen LogP contribution in [0.3, 0.4) is 0 Å². The highest BCUT2D eigenvalue weighted by molar-refractivity contribution is 6.04. The molecule has 6 heteroatoms. The molecule has 0 saturated heterocycles. The summed E-state index contributed by atoms with van der Waals surface area (Å²) in [5, 5.41) is 8.00. The highest BCUT2D eigenvalue weighted by Gasteiger charge is 2.24. The predicted molar refractivity (Wildman–Crippen MR) is 130 cm³/mol. The van der Waals surface area contributed by atoms with E-state index in [0.717, 1.165) is 22.3 Å². The molecule has 4 rings (SSSR count). The van der Waals surface area contributed by atoms with E-state index >= 15 is 0 Å². The van der Waals surface area contributed by atoms with Crippen LogP contribution >= 0.6 is 0 Å². The molecule has 6 nitrogen and oxygen atoms in total. The molecule has 0 atom stereocenters. The number of aromatic nitrogens is 2. The van der Waals surface area contributed by atoms with Gasteiger partial charge in [-0.15, -0.1) is 5.10 Å². The van der Waals surface area contributed by atoms with Gasteiger partial charge >= 0.3 is 6.09 Å². The van der Waals surface area contributed by atoms with Gasteiger partial charge in [0.15, 0.2) is 5.82 Å². The number of anilines is 1. The molecule has 0 aliphatic carbocycles. The average Bonchev–Trinajstić information content (AvgIpc) is 3.10. The van der Waals surface area contributed by atoms with Crippen LogP contribution in [-0.4, -0.2) is 27.4 Å². The number of benzene rings is 3. The monoisotopic (exact) mass is 441 g/mol. The Labute approximate surface area is 193 Å². The molecule has 168 valence electrons. The van der Waals surface area contributed by atoms with Gasteiger partial charge in [-0.2, -0.15) is 4.68 Å². The fourth-order valence-electron chi connectivity index (χ4n) is 3.69. The van der Waals surface area contributed by atoms with E-state index in [-0.39, 0.29) is 12.3 Å². The zero-order valence-corrected chi connectivity index (χ0v) is 19.3. The smallest absolute Gasteiger partial charge is 0.435 e. The van der Waals surface area contributed by atoms with Crippen LogP contribution in [0.5, 0.6) is 0 Å². The van der Waals surface area contributed by atoms with Crippen LogP contribution in [0.2, 0.25) is 0 Å². The van der Waals surface area contributed by atoms with E-state index < -0.39 is 11.7 Å². The zero-order valence-electron chi connectivity index (χ0n) is 19.3. The first kappa shape index (κ1) is 22.3. The SMILES string of the molecule is Cc1cc2c(cc1-c1ccccc1)c(NC(=O)Cc1ccccc1)nn2C(=O)OC(C)(C)C. The minimum Gasteiger partial charge on any atom is -0.442 e. The molecule has 1 amide bonds. The van der Waals surface area contributed by atoms with Crippen molar-refractivity contribution in [1.82, 2.24) is 9.78 Å². The maximum absolute atomic E-state index is 12.9. The number of nitrogens with zero attached hydrogens (tertiary/aromatic N) is 2. The molecule has 1 heterocycles. The van der Waals surface area contributed by atoms with Gasteiger partial charge in [-0.1, -0.05) is 60.7 Å². The molecule has 0 saturated carbocycles. The highest BCUT2D eigenvalue weighted by atomic mass is 16.6. The van der Waals surface area contributed by atoms with Crippen LogP contribution in [-0.2, 0) is 16.0 Å². The van der Waals surface area contributed by atoms with E-state index in [1.165, 1.54) is 4.68 Å². The van der Waals surface area contributed by atoms with E-state index in [1.807, 2.05) is 79.7 Å². The summed E-state index contributed by atoms with van der Waals surface area (Å²) >= 11 is 0. The fraction of sp³-hybridized carbons (Fsp3) is 0.222. The Morgan fingerprint density at radius 3 is 2.24 bits per heavy atom. The molecule has 1 N–H and O–H groups in total. The third kappa shape index (κ3) is 5.12. The lowest BCUT2D eigenvalue weighted by molar-refractivity contribution is -0.115. The number of hydrogen-bond acceptors (Lipinski definition) is 4. The Bertz CT molecular complexity index is 1300. The molecular formula is C27H27N3O3. The first-order chi connectivity index (χ1) is 15.7. The van der Waals surface area contributed by atoms with Gasteiger partial charge in [-0.05, 0) is 62.1 Å². The Morgan fingerprint density at radius 2 is 1.61 bits per heavy atom.